The molecule has 16 heavy (non-hydrogen) atoms. The van der Waals surface area contributed by atoms with Crippen molar-refractivity contribution in [2.45, 2.75) is 13.0 Å². The van der Waals surface area contributed by atoms with Crippen molar-refractivity contribution in [2.24, 2.45) is 0 Å². The van der Waals surface area contributed by atoms with Crippen LogP contribution in [0.25, 0.3) is 0 Å². The van der Waals surface area contributed by atoms with Gasteiger partial charge in [-0.25, -0.2) is 0 Å². The Morgan fingerprint density at radius 1 is 1.62 bits per heavy atom. The van der Waals surface area contributed by atoms with Gasteiger partial charge in [-0.3, -0.25) is 4.79 Å². The number of carbonyl (C=O) groups excluding carboxylic acids is 1. The molecule has 0 aliphatic rings. The van der Waals surface area contributed by atoms with Crippen molar-refractivity contribution in [2.75, 3.05) is 17.7 Å². The van der Waals surface area contributed by atoms with E-state index >= 15 is 0 Å². The topological polar surface area (TPSA) is 55.1 Å². The molecule has 1 atom stereocenters. The Labute approximate surface area is 108 Å². The first-order chi connectivity index (χ1) is 7.56. The zero-order chi connectivity index (χ0) is 12.1. The van der Waals surface area contributed by atoms with Gasteiger partial charge in [0.1, 0.15) is 0 Å². The predicted octanol–water partition coefficient (Wildman–Crippen LogP) is 2.51. The molecule has 5 heteroatoms. The second kappa shape index (κ2) is 6.15. The van der Waals surface area contributed by atoms with E-state index in [1.807, 2.05) is 13.2 Å². The minimum Gasteiger partial charge on any atom is -0.398 e. The lowest BCUT2D eigenvalue weighted by atomic mass is 10.2. The van der Waals surface area contributed by atoms with E-state index in [-0.39, 0.29) is 11.9 Å². The summed E-state index contributed by atoms with van der Waals surface area (Å²) >= 11 is 5.02. The summed E-state index contributed by atoms with van der Waals surface area (Å²) < 4.78 is 0.656. The minimum absolute atomic E-state index is 0.0966. The van der Waals surface area contributed by atoms with Crippen LogP contribution in [-0.4, -0.2) is 24.0 Å². The molecule has 0 bridgehead atoms. The maximum Gasteiger partial charge on any atom is 0.252 e. The van der Waals surface area contributed by atoms with E-state index in [0.717, 1.165) is 5.75 Å². The van der Waals surface area contributed by atoms with Gasteiger partial charge in [-0.2, -0.15) is 11.8 Å². The molecule has 0 radical (unpaired) electrons. The van der Waals surface area contributed by atoms with Gasteiger partial charge in [0.05, 0.1) is 10.0 Å². The lowest BCUT2D eigenvalue weighted by Gasteiger charge is -2.13. The highest BCUT2D eigenvalue weighted by Gasteiger charge is 2.13. The highest BCUT2D eigenvalue weighted by molar-refractivity contribution is 9.10. The molecule has 0 saturated carbocycles. The lowest BCUT2D eigenvalue weighted by molar-refractivity contribution is 0.0943. The van der Waals surface area contributed by atoms with Crippen LogP contribution in [0.3, 0.4) is 0 Å². The van der Waals surface area contributed by atoms with Crippen LogP contribution in [0.2, 0.25) is 0 Å². The fraction of sp³-hybridized carbons (Fsp3) is 0.364. The largest absolute Gasteiger partial charge is 0.398 e. The van der Waals surface area contributed by atoms with Crippen molar-refractivity contribution in [3.05, 3.63) is 28.2 Å². The summed E-state index contributed by atoms with van der Waals surface area (Å²) in [5, 5.41) is 2.92. The van der Waals surface area contributed by atoms with E-state index < -0.39 is 0 Å². The molecule has 0 fully saturated rings. The number of nitrogens with one attached hydrogen (secondary N) is 1. The molecular weight excluding hydrogens is 288 g/mol. The summed E-state index contributed by atoms with van der Waals surface area (Å²) in [7, 11) is 0. The molecule has 1 rings (SSSR count). The fourth-order valence-corrected chi connectivity index (χ4v) is 2.35. The van der Waals surface area contributed by atoms with Crippen LogP contribution in [-0.2, 0) is 0 Å². The van der Waals surface area contributed by atoms with Gasteiger partial charge >= 0.3 is 0 Å². The Morgan fingerprint density at radius 2 is 2.31 bits per heavy atom. The normalized spacial score (nSPS) is 12.2. The number of anilines is 1. The van der Waals surface area contributed by atoms with Crippen LogP contribution < -0.4 is 11.1 Å². The van der Waals surface area contributed by atoms with Gasteiger partial charge in [-0.1, -0.05) is 6.07 Å². The van der Waals surface area contributed by atoms with Gasteiger partial charge in [0, 0.05) is 17.5 Å². The molecule has 0 heterocycles. The smallest absolute Gasteiger partial charge is 0.252 e. The number of hydrogen-bond acceptors (Lipinski definition) is 3. The Bertz CT molecular complexity index is 384. The standard InChI is InChI=1S/C11H15BrN2OS/c1-7(6-16-2)14-11(15)8-4-3-5-9(13)10(8)12/h3-5,7H,6,13H2,1-2H3,(H,14,15). The summed E-state index contributed by atoms with van der Waals surface area (Å²) in [6.45, 7) is 1.98. The van der Waals surface area contributed by atoms with Crippen molar-refractivity contribution >= 4 is 39.3 Å². The second-order valence-corrected chi connectivity index (χ2v) is 5.24. The minimum atomic E-state index is -0.0966. The number of halogens is 1. The summed E-state index contributed by atoms with van der Waals surface area (Å²) in [5.41, 5.74) is 6.87. The van der Waals surface area contributed by atoms with Crippen LogP contribution in [0.1, 0.15) is 17.3 Å². The number of nitrogen functional groups attached to an aromatic ring is 1. The number of carbonyl (C=O) groups is 1. The summed E-state index contributed by atoms with van der Waals surface area (Å²) in [6.07, 6.45) is 2.01. The molecule has 1 aromatic carbocycles. The fourth-order valence-electron chi connectivity index (χ4n) is 1.32. The van der Waals surface area contributed by atoms with E-state index in [2.05, 4.69) is 21.2 Å². The van der Waals surface area contributed by atoms with E-state index in [9.17, 15) is 4.79 Å². The number of amides is 1. The maximum absolute atomic E-state index is 11.9. The molecule has 88 valence electrons. The third-order valence-corrected chi connectivity index (χ3v) is 3.79. The number of thioether (sulfide) groups is 1. The van der Waals surface area contributed by atoms with Crippen LogP contribution in [0.5, 0.6) is 0 Å². The molecule has 1 unspecified atom stereocenters. The highest BCUT2D eigenvalue weighted by Crippen LogP contribution is 2.23. The first-order valence-corrected chi connectivity index (χ1v) is 7.08. The molecule has 0 aliphatic heterocycles. The van der Waals surface area contributed by atoms with E-state index in [0.29, 0.717) is 15.7 Å². The maximum atomic E-state index is 11.9. The molecule has 0 saturated heterocycles. The van der Waals surface area contributed by atoms with Gasteiger partial charge in [0.15, 0.2) is 0 Å². The van der Waals surface area contributed by atoms with Crippen molar-refractivity contribution in [3.8, 4) is 0 Å². The third-order valence-electron chi connectivity index (χ3n) is 2.07. The van der Waals surface area contributed by atoms with E-state index in [1.165, 1.54) is 0 Å². The van der Waals surface area contributed by atoms with Gasteiger partial charge in [0.2, 0.25) is 0 Å². The van der Waals surface area contributed by atoms with Crippen molar-refractivity contribution in [3.63, 3.8) is 0 Å². The average Bonchev–Trinajstić information content (AvgIpc) is 2.22. The Kier molecular flexibility index (Phi) is 5.15. The highest BCUT2D eigenvalue weighted by atomic mass is 79.9. The van der Waals surface area contributed by atoms with Crippen molar-refractivity contribution < 1.29 is 4.79 Å². The molecule has 1 amide bonds. The average molecular weight is 303 g/mol. The van der Waals surface area contributed by atoms with Crippen molar-refractivity contribution in [1.82, 2.24) is 5.32 Å². The lowest BCUT2D eigenvalue weighted by Crippen LogP contribution is -2.34. The molecule has 3 nitrogen and oxygen atoms in total. The van der Waals surface area contributed by atoms with Gasteiger partial charge in [-0.15, -0.1) is 0 Å². The van der Waals surface area contributed by atoms with Crippen LogP contribution >= 0.6 is 27.7 Å². The zero-order valence-corrected chi connectivity index (χ0v) is 11.7. The number of rotatable bonds is 4. The van der Waals surface area contributed by atoms with Crippen LogP contribution in [0, 0.1) is 0 Å². The second-order valence-electron chi connectivity index (χ2n) is 3.54. The monoisotopic (exact) mass is 302 g/mol. The van der Waals surface area contributed by atoms with E-state index in [4.69, 9.17) is 5.73 Å². The SMILES string of the molecule is CSCC(C)NC(=O)c1cccc(N)c1Br. The molecule has 3 N–H and O–H groups in total. The quantitative estimate of drug-likeness (QED) is 0.840. The Morgan fingerprint density at radius 3 is 2.94 bits per heavy atom. The number of hydrogen-bond donors (Lipinski definition) is 2. The van der Waals surface area contributed by atoms with Gasteiger partial charge < -0.3 is 11.1 Å². The number of benzene rings is 1. The summed E-state index contributed by atoms with van der Waals surface area (Å²) in [5.74, 6) is 0.798. The Hall–Kier alpha value is -0.680. The van der Waals surface area contributed by atoms with E-state index in [1.54, 1.807) is 30.0 Å². The zero-order valence-electron chi connectivity index (χ0n) is 9.29. The summed E-state index contributed by atoms with van der Waals surface area (Å²) in [6, 6.07) is 5.43. The first kappa shape index (κ1) is 13.4. The molecule has 0 aromatic heterocycles. The summed E-state index contributed by atoms with van der Waals surface area (Å²) in [4.78, 5) is 11.9. The van der Waals surface area contributed by atoms with Crippen LogP contribution in [0.15, 0.2) is 22.7 Å². The Balaban J connectivity index is 2.77. The first-order valence-electron chi connectivity index (χ1n) is 4.90. The molecule has 1 aromatic rings. The molecule has 0 aliphatic carbocycles. The van der Waals surface area contributed by atoms with Crippen molar-refractivity contribution in [1.29, 1.82) is 0 Å². The van der Waals surface area contributed by atoms with Gasteiger partial charge in [-0.05, 0) is 41.2 Å². The van der Waals surface area contributed by atoms with Crippen LogP contribution in [0.4, 0.5) is 5.69 Å². The molecule has 0 spiro atoms. The van der Waals surface area contributed by atoms with Gasteiger partial charge in [0.25, 0.3) is 5.91 Å². The third kappa shape index (κ3) is 3.42. The number of nitrogens with two attached hydrogens (primary N) is 1. The molecular formula is C11H15BrN2OS. The predicted molar refractivity (Wildman–Crippen MR) is 73.9 cm³/mol.